The van der Waals surface area contributed by atoms with Crippen LogP contribution in [0.5, 0.6) is 5.75 Å². The van der Waals surface area contributed by atoms with E-state index in [-0.39, 0.29) is 12.3 Å². The highest BCUT2D eigenvalue weighted by Crippen LogP contribution is 2.30. The van der Waals surface area contributed by atoms with Crippen LogP contribution in [0, 0.1) is 0 Å². The highest BCUT2D eigenvalue weighted by atomic mass is 79.9. The zero-order valence-corrected chi connectivity index (χ0v) is 12.8. The first kappa shape index (κ1) is 16.0. The molecule has 0 aliphatic rings. The molecule has 0 saturated heterocycles. The maximum atomic E-state index is 10.6. The number of rotatable bonds is 8. The van der Waals surface area contributed by atoms with Crippen LogP contribution in [0.4, 0.5) is 0 Å². The average Bonchev–Trinajstić information content (AvgIpc) is 2.38. The fourth-order valence-corrected chi connectivity index (χ4v) is 2.19. The van der Waals surface area contributed by atoms with Crippen molar-refractivity contribution < 1.29 is 19.4 Å². The first-order chi connectivity index (χ1) is 9.04. The predicted octanol–water partition coefficient (Wildman–Crippen LogP) is 3.44. The van der Waals surface area contributed by atoms with Gasteiger partial charge in [-0.05, 0) is 46.0 Å². The van der Waals surface area contributed by atoms with Crippen molar-refractivity contribution in [3.8, 4) is 5.75 Å². The summed E-state index contributed by atoms with van der Waals surface area (Å²) in [7, 11) is 1.63. The number of carbonyl (C=O) groups is 1. The fourth-order valence-electron chi connectivity index (χ4n) is 1.68. The Bertz CT molecular complexity index is 420. The van der Waals surface area contributed by atoms with Crippen LogP contribution in [0.3, 0.4) is 0 Å². The zero-order chi connectivity index (χ0) is 14.3. The Morgan fingerprint density at radius 3 is 2.74 bits per heavy atom. The van der Waals surface area contributed by atoms with Gasteiger partial charge in [0.15, 0.2) is 0 Å². The molecule has 1 atom stereocenters. The molecule has 106 valence electrons. The Morgan fingerprint density at radius 1 is 1.42 bits per heavy atom. The van der Waals surface area contributed by atoms with Crippen LogP contribution in [0.1, 0.15) is 31.2 Å². The molecular formula is C14H19BrO4. The highest BCUT2D eigenvalue weighted by Gasteiger charge is 2.10. The van der Waals surface area contributed by atoms with Gasteiger partial charge in [-0.3, -0.25) is 4.79 Å². The van der Waals surface area contributed by atoms with Gasteiger partial charge in [-0.2, -0.15) is 0 Å². The minimum absolute atomic E-state index is 0.185. The molecule has 5 heteroatoms. The third-order valence-corrected chi connectivity index (χ3v) is 3.48. The summed E-state index contributed by atoms with van der Waals surface area (Å²) >= 11 is 3.47. The van der Waals surface area contributed by atoms with E-state index in [4.69, 9.17) is 14.6 Å². The predicted molar refractivity (Wildman–Crippen MR) is 76.8 cm³/mol. The molecule has 19 heavy (non-hydrogen) atoms. The lowest BCUT2D eigenvalue weighted by Gasteiger charge is -2.13. The smallest absolute Gasteiger partial charge is 0.303 e. The molecule has 0 fully saturated rings. The third-order valence-electron chi connectivity index (χ3n) is 2.86. The van der Waals surface area contributed by atoms with Gasteiger partial charge in [0, 0.05) is 13.5 Å². The maximum absolute atomic E-state index is 10.6. The first-order valence-electron chi connectivity index (χ1n) is 6.17. The second-order valence-corrected chi connectivity index (χ2v) is 5.22. The topological polar surface area (TPSA) is 55.8 Å². The van der Waals surface area contributed by atoms with E-state index >= 15 is 0 Å². The van der Waals surface area contributed by atoms with Crippen molar-refractivity contribution in [1.29, 1.82) is 0 Å². The summed E-state index contributed by atoms with van der Waals surface area (Å²) in [5.41, 5.74) is 1.10. The number of methoxy groups -OCH3 is 1. The molecule has 0 heterocycles. The van der Waals surface area contributed by atoms with E-state index in [1.807, 2.05) is 25.1 Å². The second kappa shape index (κ2) is 8.17. The summed E-state index contributed by atoms with van der Waals surface area (Å²) in [6.45, 7) is 3.07. The molecule has 0 saturated carbocycles. The molecule has 0 aromatic heterocycles. The van der Waals surface area contributed by atoms with Crippen LogP contribution in [0.25, 0.3) is 0 Å². The molecule has 1 N–H and O–H groups in total. The van der Waals surface area contributed by atoms with Crippen LogP contribution in [-0.2, 0) is 9.53 Å². The number of hydrogen-bond donors (Lipinski definition) is 1. The van der Waals surface area contributed by atoms with Crippen LogP contribution in [0.15, 0.2) is 22.7 Å². The Balaban J connectivity index is 2.62. The number of hydrogen-bond acceptors (Lipinski definition) is 3. The molecule has 1 aromatic carbocycles. The van der Waals surface area contributed by atoms with Gasteiger partial charge < -0.3 is 14.6 Å². The molecule has 0 aliphatic heterocycles. The molecule has 0 amide bonds. The molecule has 0 aliphatic carbocycles. The number of halogens is 1. The van der Waals surface area contributed by atoms with Gasteiger partial charge in [0.05, 0.1) is 11.1 Å². The monoisotopic (exact) mass is 330 g/mol. The van der Waals surface area contributed by atoms with Crippen LogP contribution >= 0.6 is 15.9 Å². The molecule has 0 spiro atoms. The minimum atomic E-state index is -0.759. The Labute approximate surface area is 121 Å². The summed E-state index contributed by atoms with van der Waals surface area (Å²) in [5.74, 6) is 0.220. The lowest BCUT2D eigenvalue weighted by molar-refractivity contribution is -0.137. The van der Waals surface area contributed by atoms with E-state index in [0.717, 1.165) is 15.8 Å². The molecule has 1 rings (SSSR count). The summed E-state index contributed by atoms with van der Waals surface area (Å²) < 4.78 is 11.3. The number of carboxylic acid groups (broad SMARTS) is 1. The number of carboxylic acids is 1. The van der Waals surface area contributed by atoms with Crippen molar-refractivity contribution in [3.05, 3.63) is 28.2 Å². The van der Waals surface area contributed by atoms with Gasteiger partial charge in [-0.1, -0.05) is 13.0 Å². The Kier molecular flexibility index (Phi) is 6.87. The normalized spacial score (nSPS) is 12.2. The van der Waals surface area contributed by atoms with Gasteiger partial charge in [-0.15, -0.1) is 0 Å². The average molecular weight is 331 g/mol. The van der Waals surface area contributed by atoms with Crippen molar-refractivity contribution in [2.75, 3.05) is 20.3 Å². The Morgan fingerprint density at radius 2 is 2.16 bits per heavy atom. The van der Waals surface area contributed by atoms with Crippen LogP contribution in [-0.4, -0.2) is 31.4 Å². The van der Waals surface area contributed by atoms with Crippen molar-refractivity contribution in [2.24, 2.45) is 0 Å². The van der Waals surface area contributed by atoms with E-state index in [1.165, 1.54) is 0 Å². The highest BCUT2D eigenvalue weighted by molar-refractivity contribution is 9.10. The molecule has 0 radical (unpaired) electrons. The maximum Gasteiger partial charge on any atom is 0.303 e. The number of aliphatic carboxylic acids is 1. The summed E-state index contributed by atoms with van der Waals surface area (Å²) in [6, 6.07) is 5.85. The van der Waals surface area contributed by atoms with E-state index in [2.05, 4.69) is 15.9 Å². The quantitative estimate of drug-likeness (QED) is 0.742. The summed E-state index contributed by atoms with van der Waals surface area (Å²) in [4.78, 5) is 10.6. The largest absolute Gasteiger partial charge is 0.490 e. The molecule has 4 nitrogen and oxygen atoms in total. The van der Waals surface area contributed by atoms with Crippen molar-refractivity contribution in [1.82, 2.24) is 0 Å². The lowest BCUT2D eigenvalue weighted by Crippen LogP contribution is -2.05. The van der Waals surface area contributed by atoms with E-state index < -0.39 is 5.97 Å². The van der Waals surface area contributed by atoms with Gasteiger partial charge in [0.2, 0.25) is 0 Å². The molecule has 1 aromatic rings. The standard InChI is InChI=1S/C14H19BrO4/c1-10(3-6-14(16)17)11-4-5-13(12(15)9-11)19-8-7-18-2/h4-5,9-10H,3,6-8H2,1-2H3,(H,16,17). The molecule has 1 unspecified atom stereocenters. The van der Waals surface area contributed by atoms with Crippen LogP contribution < -0.4 is 4.74 Å². The van der Waals surface area contributed by atoms with Crippen molar-refractivity contribution >= 4 is 21.9 Å². The summed E-state index contributed by atoms with van der Waals surface area (Å²) in [6.07, 6.45) is 0.816. The lowest BCUT2D eigenvalue weighted by atomic mass is 9.96. The molecule has 0 bridgehead atoms. The van der Waals surface area contributed by atoms with Gasteiger partial charge in [0.1, 0.15) is 12.4 Å². The van der Waals surface area contributed by atoms with Crippen LogP contribution in [0.2, 0.25) is 0 Å². The van der Waals surface area contributed by atoms with Gasteiger partial charge in [0.25, 0.3) is 0 Å². The van der Waals surface area contributed by atoms with Crippen molar-refractivity contribution in [2.45, 2.75) is 25.7 Å². The van der Waals surface area contributed by atoms with Gasteiger partial charge in [-0.25, -0.2) is 0 Å². The number of benzene rings is 1. The molecular weight excluding hydrogens is 312 g/mol. The zero-order valence-electron chi connectivity index (χ0n) is 11.2. The second-order valence-electron chi connectivity index (χ2n) is 4.36. The first-order valence-corrected chi connectivity index (χ1v) is 6.97. The van der Waals surface area contributed by atoms with E-state index in [9.17, 15) is 4.79 Å². The minimum Gasteiger partial charge on any atom is -0.490 e. The van der Waals surface area contributed by atoms with Gasteiger partial charge >= 0.3 is 5.97 Å². The Hall–Kier alpha value is -1.07. The fraction of sp³-hybridized carbons (Fsp3) is 0.500. The third kappa shape index (κ3) is 5.61. The number of ether oxygens (including phenoxy) is 2. The van der Waals surface area contributed by atoms with Crippen molar-refractivity contribution in [3.63, 3.8) is 0 Å². The van der Waals surface area contributed by atoms with E-state index in [0.29, 0.717) is 19.6 Å². The summed E-state index contributed by atoms with van der Waals surface area (Å²) in [5, 5.41) is 8.69. The SMILES string of the molecule is COCCOc1ccc(C(C)CCC(=O)O)cc1Br. The van der Waals surface area contributed by atoms with E-state index in [1.54, 1.807) is 7.11 Å².